The summed E-state index contributed by atoms with van der Waals surface area (Å²) in [6.45, 7) is 4.78. The molecule has 0 amide bonds. The molecular weight excluding hydrogens is 216 g/mol. The normalized spacial score (nSPS) is 12.2. The molecule has 0 aliphatic heterocycles. The topological polar surface area (TPSA) is 70.1 Å². The summed E-state index contributed by atoms with van der Waals surface area (Å²) < 4.78 is 0. The lowest BCUT2D eigenvalue weighted by Crippen LogP contribution is -2.14. The van der Waals surface area contributed by atoms with Gasteiger partial charge in [-0.15, -0.1) is 0 Å². The Bertz CT molecular complexity index is 343. The highest BCUT2D eigenvalue weighted by molar-refractivity contribution is 5.56. The molecule has 0 saturated carbocycles. The number of aliphatic hydroxyl groups is 1. The average Bonchev–Trinajstić information content (AvgIpc) is 2.37. The minimum Gasteiger partial charge on any atom is -0.393 e. The van der Waals surface area contributed by atoms with Crippen LogP contribution in [0.3, 0.4) is 0 Å². The molecule has 0 aliphatic carbocycles. The molecule has 5 heteroatoms. The van der Waals surface area contributed by atoms with Gasteiger partial charge in [0.05, 0.1) is 6.10 Å². The predicted octanol–water partition coefficient (Wildman–Crippen LogP) is 1.65. The molecule has 0 bridgehead atoms. The Morgan fingerprint density at radius 2 is 2.00 bits per heavy atom. The second-order valence-electron chi connectivity index (χ2n) is 3.93. The molecule has 0 aromatic carbocycles. The third-order valence-electron chi connectivity index (χ3n) is 2.78. The van der Waals surface area contributed by atoms with Gasteiger partial charge in [0.25, 0.3) is 0 Å². The third kappa shape index (κ3) is 3.85. The summed E-state index contributed by atoms with van der Waals surface area (Å²) in [5, 5.41) is 15.8. The Labute approximate surface area is 103 Å². The van der Waals surface area contributed by atoms with Gasteiger partial charge in [0, 0.05) is 19.2 Å². The predicted molar refractivity (Wildman–Crippen MR) is 70.4 cm³/mol. The zero-order valence-corrected chi connectivity index (χ0v) is 10.8. The van der Waals surface area contributed by atoms with Crippen molar-refractivity contribution in [3.8, 4) is 0 Å². The van der Waals surface area contributed by atoms with E-state index in [2.05, 4.69) is 27.5 Å². The fourth-order valence-electron chi connectivity index (χ4n) is 1.68. The van der Waals surface area contributed by atoms with Gasteiger partial charge in [0.15, 0.2) is 0 Å². The van der Waals surface area contributed by atoms with Crippen molar-refractivity contribution in [1.82, 2.24) is 9.97 Å². The standard InChI is InChI=1S/C12H22N4O/c1-4-9(17)6-7-14-12-10(5-2)11(13-3)15-8-16-12/h8-9,17H,4-7H2,1-3H3,(H2,13,14,15,16). The van der Waals surface area contributed by atoms with E-state index in [1.807, 2.05) is 14.0 Å². The summed E-state index contributed by atoms with van der Waals surface area (Å²) in [4.78, 5) is 8.41. The monoisotopic (exact) mass is 238 g/mol. The molecule has 1 aromatic heterocycles. The van der Waals surface area contributed by atoms with Crippen LogP contribution in [0.1, 0.15) is 32.3 Å². The highest BCUT2D eigenvalue weighted by atomic mass is 16.3. The SMILES string of the molecule is CCc1c(NC)ncnc1NCCC(O)CC. The lowest BCUT2D eigenvalue weighted by Gasteiger charge is -2.13. The Balaban J connectivity index is 2.64. The lowest BCUT2D eigenvalue weighted by molar-refractivity contribution is 0.164. The van der Waals surface area contributed by atoms with E-state index in [0.29, 0.717) is 0 Å². The van der Waals surface area contributed by atoms with Crippen molar-refractivity contribution in [2.75, 3.05) is 24.2 Å². The van der Waals surface area contributed by atoms with Gasteiger partial charge >= 0.3 is 0 Å². The maximum absolute atomic E-state index is 9.48. The molecule has 1 heterocycles. The van der Waals surface area contributed by atoms with Gasteiger partial charge in [-0.25, -0.2) is 9.97 Å². The van der Waals surface area contributed by atoms with Crippen molar-refractivity contribution < 1.29 is 5.11 Å². The van der Waals surface area contributed by atoms with Crippen molar-refractivity contribution in [2.24, 2.45) is 0 Å². The number of rotatable bonds is 7. The number of nitrogens with one attached hydrogen (secondary N) is 2. The van der Waals surface area contributed by atoms with Crippen molar-refractivity contribution in [2.45, 2.75) is 39.2 Å². The van der Waals surface area contributed by atoms with Crippen molar-refractivity contribution in [3.63, 3.8) is 0 Å². The van der Waals surface area contributed by atoms with Gasteiger partial charge < -0.3 is 15.7 Å². The van der Waals surface area contributed by atoms with E-state index in [9.17, 15) is 5.11 Å². The minimum absolute atomic E-state index is 0.238. The fraction of sp³-hybridized carbons (Fsp3) is 0.667. The summed E-state index contributed by atoms with van der Waals surface area (Å²) in [5.74, 6) is 1.72. The molecule has 3 N–H and O–H groups in total. The molecule has 1 atom stereocenters. The van der Waals surface area contributed by atoms with Crippen LogP contribution in [0.2, 0.25) is 0 Å². The first-order chi connectivity index (χ1) is 8.22. The molecular formula is C12H22N4O. The van der Waals surface area contributed by atoms with E-state index in [-0.39, 0.29) is 6.10 Å². The van der Waals surface area contributed by atoms with Crippen LogP contribution in [0.5, 0.6) is 0 Å². The largest absolute Gasteiger partial charge is 0.393 e. The molecule has 1 unspecified atom stereocenters. The number of hydrogen-bond acceptors (Lipinski definition) is 5. The van der Waals surface area contributed by atoms with Crippen LogP contribution in [0, 0.1) is 0 Å². The number of anilines is 2. The first kappa shape index (κ1) is 13.7. The van der Waals surface area contributed by atoms with Crippen molar-refractivity contribution in [3.05, 3.63) is 11.9 Å². The Morgan fingerprint density at radius 1 is 1.29 bits per heavy atom. The lowest BCUT2D eigenvalue weighted by atomic mass is 10.2. The second kappa shape index (κ2) is 7.06. The van der Waals surface area contributed by atoms with Crippen molar-refractivity contribution >= 4 is 11.6 Å². The Kier molecular flexibility index (Phi) is 5.69. The van der Waals surface area contributed by atoms with E-state index >= 15 is 0 Å². The van der Waals surface area contributed by atoms with E-state index in [4.69, 9.17) is 0 Å². The number of hydrogen-bond donors (Lipinski definition) is 3. The Morgan fingerprint density at radius 3 is 2.59 bits per heavy atom. The molecule has 0 fully saturated rings. The van der Waals surface area contributed by atoms with Gasteiger partial charge in [-0.2, -0.15) is 0 Å². The summed E-state index contributed by atoms with van der Waals surface area (Å²) >= 11 is 0. The Hall–Kier alpha value is -1.36. The smallest absolute Gasteiger partial charge is 0.134 e. The maximum atomic E-state index is 9.48. The average molecular weight is 238 g/mol. The maximum Gasteiger partial charge on any atom is 0.134 e. The first-order valence-electron chi connectivity index (χ1n) is 6.16. The van der Waals surface area contributed by atoms with Gasteiger partial charge in [-0.3, -0.25) is 0 Å². The highest BCUT2D eigenvalue weighted by Gasteiger charge is 2.08. The number of nitrogens with zero attached hydrogens (tertiary/aromatic N) is 2. The van der Waals surface area contributed by atoms with Crippen LogP contribution in [-0.2, 0) is 6.42 Å². The van der Waals surface area contributed by atoms with Crippen LogP contribution in [0.4, 0.5) is 11.6 Å². The molecule has 96 valence electrons. The van der Waals surface area contributed by atoms with Gasteiger partial charge in [0.2, 0.25) is 0 Å². The van der Waals surface area contributed by atoms with E-state index in [1.165, 1.54) is 0 Å². The van der Waals surface area contributed by atoms with Gasteiger partial charge in [0.1, 0.15) is 18.0 Å². The van der Waals surface area contributed by atoms with Crippen molar-refractivity contribution in [1.29, 1.82) is 0 Å². The molecule has 0 saturated heterocycles. The van der Waals surface area contributed by atoms with Crippen LogP contribution in [0.25, 0.3) is 0 Å². The van der Waals surface area contributed by atoms with Crippen LogP contribution in [-0.4, -0.2) is 34.8 Å². The van der Waals surface area contributed by atoms with Crippen LogP contribution in [0.15, 0.2) is 6.33 Å². The van der Waals surface area contributed by atoms with Crippen LogP contribution < -0.4 is 10.6 Å². The zero-order valence-electron chi connectivity index (χ0n) is 10.8. The second-order valence-corrected chi connectivity index (χ2v) is 3.93. The molecule has 5 nitrogen and oxygen atoms in total. The van der Waals surface area contributed by atoms with Gasteiger partial charge in [-0.05, 0) is 19.3 Å². The van der Waals surface area contributed by atoms with E-state index in [0.717, 1.165) is 43.0 Å². The molecule has 0 spiro atoms. The molecule has 1 rings (SSSR count). The molecule has 1 aromatic rings. The molecule has 0 aliphatic rings. The quantitative estimate of drug-likeness (QED) is 0.674. The molecule has 17 heavy (non-hydrogen) atoms. The first-order valence-corrected chi connectivity index (χ1v) is 6.16. The highest BCUT2D eigenvalue weighted by Crippen LogP contribution is 2.19. The van der Waals surface area contributed by atoms with E-state index < -0.39 is 0 Å². The zero-order chi connectivity index (χ0) is 12.7. The summed E-state index contributed by atoms with van der Waals surface area (Å²) in [6.07, 6.45) is 3.70. The minimum atomic E-state index is -0.238. The summed E-state index contributed by atoms with van der Waals surface area (Å²) in [7, 11) is 1.85. The van der Waals surface area contributed by atoms with Gasteiger partial charge in [-0.1, -0.05) is 13.8 Å². The molecule has 0 radical (unpaired) electrons. The number of aromatic nitrogens is 2. The third-order valence-corrected chi connectivity index (χ3v) is 2.78. The fourth-order valence-corrected chi connectivity index (χ4v) is 1.68. The number of aliphatic hydroxyl groups excluding tert-OH is 1. The van der Waals surface area contributed by atoms with E-state index in [1.54, 1.807) is 6.33 Å². The van der Waals surface area contributed by atoms with Crippen LogP contribution >= 0.6 is 0 Å². The summed E-state index contributed by atoms with van der Waals surface area (Å²) in [6, 6.07) is 0. The summed E-state index contributed by atoms with van der Waals surface area (Å²) in [5.41, 5.74) is 1.08.